The molecule has 2 N–H and O–H groups in total. The molecular weight excluding hydrogens is 623 g/mol. The van der Waals surface area contributed by atoms with Gasteiger partial charge in [-0.2, -0.15) is 0 Å². The number of hydrogen-bond acceptors (Lipinski definition) is 2. The van der Waals surface area contributed by atoms with E-state index in [0.717, 1.165) is 6.42 Å². The molecule has 0 radical (unpaired) electrons. The summed E-state index contributed by atoms with van der Waals surface area (Å²) in [5.41, 5.74) is 4.85. The van der Waals surface area contributed by atoms with Crippen molar-refractivity contribution in [2.75, 3.05) is 0 Å². The van der Waals surface area contributed by atoms with Crippen LogP contribution in [0.25, 0.3) is 27.5 Å². The van der Waals surface area contributed by atoms with Crippen LogP contribution in [-0.4, -0.2) is 18.7 Å². The molecule has 3 atom stereocenters. The Bertz CT molecular complexity index is 2320. The average Bonchev–Trinajstić information content (AvgIpc) is 3.54. The number of para-hydroxylation sites is 2. The number of aromatic nitrogens is 1. The Kier molecular flexibility index (Phi) is 7.88. The maximum atomic E-state index is 4.16. The fourth-order valence-corrected chi connectivity index (χ4v) is 13.0. The second kappa shape index (κ2) is 13.0. The average molecular weight is 662 g/mol. The summed E-state index contributed by atoms with van der Waals surface area (Å²) < 4.78 is 2.41. The number of fused-ring (bicyclic) bond motifs is 3. The van der Waals surface area contributed by atoms with Gasteiger partial charge in [-0.1, -0.05) is 170 Å². The molecule has 0 bridgehead atoms. The molecule has 242 valence electrons. The highest BCUT2D eigenvalue weighted by molar-refractivity contribution is 7.16. The van der Waals surface area contributed by atoms with E-state index in [1.54, 1.807) is 0 Å². The molecule has 3 nitrogen and oxygen atoms in total. The van der Waals surface area contributed by atoms with Crippen molar-refractivity contribution in [2.45, 2.75) is 18.6 Å². The molecule has 1 aliphatic carbocycles. The van der Waals surface area contributed by atoms with Crippen LogP contribution in [0, 0.1) is 5.92 Å². The summed E-state index contributed by atoms with van der Waals surface area (Å²) in [6, 6.07) is 60.5. The van der Waals surface area contributed by atoms with Gasteiger partial charge in [0.1, 0.15) is 6.17 Å². The third kappa shape index (κ3) is 5.16. The van der Waals surface area contributed by atoms with Crippen molar-refractivity contribution in [1.82, 2.24) is 15.2 Å². The highest BCUT2D eigenvalue weighted by atomic mass is 28.3. The van der Waals surface area contributed by atoms with Gasteiger partial charge in [0, 0.05) is 27.8 Å². The number of benzene rings is 6. The van der Waals surface area contributed by atoms with Crippen molar-refractivity contribution in [2.24, 2.45) is 5.92 Å². The molecule has 7 aromatic rings. The number of allylic oxidation sites excluding steroid dienone is 3. The van der Waals surface area contributed by atoms with Gasteiger partial charge in [-0.15, -0.1) is 0 Å². The van der Waals surface area contributed by atoms with Gasteiger partial charge in [0.2, 0.25) is 0 Å². The molecule has 0 saturated carbocycles. The molecule has 1 aromatic heterocycles. The molecule has 3 unspecified atom stereocenters. The van der Waals surface area contributed by atoms with Crippen LogP contribution < -0.4 is 26.2 Å². The molecule has 4 heteroatoms. The Morgan fingerprint density at radius 1 is 0.560 bits per heavy atom. The maximum Gasteiger partial charge on any atom is 0.198 e. The third-order valence-electron chi connectivity index (χ3n) is 10.6. The first-order valence-corrected chi connectivity index (χ1v) is 19.6. The molecule has 0 amide bonds. The second-order valence-corrected chi connectivity index (χ2v) is 17.1. The van der Waals surface area contributed by atoms with E-state index in [1.807, 2.05) is 0 Å². The van der Waals surface area contributed by atoms with Crippen LogP contribution >= 0.6 is 0 Å². The van der Waals surface area contributed by atoms with Gasteiger partial charge in [0.05, 0.1) is 11.0 Å². The summed E-state index contributed by atoms with van der Waals surface area (Å²) in [4.78, 5) is 0. The Morgan fingerprint density at radius 3 is 1.86 bits per heavy atom. The van der Waals surface area contributed by atoms with Crippen LogP contribution in [0.2, 0.25) is 0 Å². The summed E-state index contributed by atoms with van der Waals surface area (Å²) >= 11 is 0. The normalized spacial score (nSPS) is 19.0. The lowest BCUT2D eigenvalue weighted by Crippen LogP contribution is -2.72. The summed E-state index contributed by atoms with van der Waals surface area (Å²) in [6.45, 7) is 0. The minimum Gasteiger partial charge on any atom is -0.372 e. The standard InChI is InChI=1S/C46H39N3Si/c1-6-18-34(19-7-1)42-33-45(48-46(47-42)35-20-8-2-9-21-35)50(37-24-12-4-13-25-37,38-26-14-5-15-27-38)39-30-31-44-41(32-39)40-28-16-17-29-43(40)49(44)36-22-10-3-11-23-36/h1-18,20-34,42,46-48H,19H2. The fourth-order valence-electron chi connectivity index (χ4n) is 8.24. The molecule has 0 spiro atoms. The number of hydrogen-bond donors (Lipinski definition) is 2. The van der Waals surface area contributed by atoms with Gasteiger partial charge in [-0.25, -0.2) is 0 Å². The summed E-state index contributed by atoms with van der Waals surface area (Å²) in [5, 5.41) is 16.1. The number of nitrogens with zero attached hydrogens (tertiary/aromatic N) is 1. The lowest BCUT2D eigenvalue weighted by molar-refractivity contribution is 0.365. The molecule has 2 aliphatic rings. The Balaban J connectivity index is 1.34. The van der Waals surface area contributed by atoms with E-state index in [-0.39, 0.29) is 12.2 Å². The van der Waals surface area contributed by atoms with E-state index in [0.29, 0.717) is 5.92 Å². The molecule has 6 aromatic carbocycles. The summed E-state index contributed by atoms with van der Waals surface area (Å²) in [6.07, 6.45) is 12.6. The van der Waals surface area contributed by atoms with Crippen molar-refractivity contribution in [3.8, 4) is 5.69 Å². The SMILES string of the molecule is C1=CCC(C2C=C([Si](c3ccccc3)(c3ccccc3)c3ccc4c(c3)c3ccccc3n4-c3ccccc3)NC(c3ccccc3)N2)C=C1. The van der Waals surface area contributed by atoms with Gasteiger partial charge in [0.25, 0.3) is 0 Å². The maximum absolute atomic E-state index is 4.16. The van der Waals surface area contributed by atoms with Gasteiger partial charge in [-0.3, -0.25) is 5.32 Å². The van der Waals surface area contributed by atoms with Crippen molar-refractivity contribution >= 4 is 45.4 Å². The number of rotatable bonds is 7. The van der Waals surface area contributed by atoms with E-state index in [2.05, 4.69) is 209 Å². The zero-order chi connectivity index (χ0) is 33.3. The Hall–Kier alpha value is -5.68. The molecular formula is C46H39N3Si. The highest BCUT2D eigenvalue weighted by Gasteiger charge is 2.46. The predicted octanol–water partition coefficient (Wildman–Crippen LogP) is 8.07. The minimum absolute atomic E-state index is 0.0384. The fraction of sp³-hybridized carbons (Fsp3) is 0.0870. The van der Waals surface area contributed by atoms with Crippen molar-refractivity contribution in [1.29, 1.82) is 0 Å². The Morgan fingerprint density at radius 2 is 1.18 bits per heavy atom. The van der Waals surface area contributed by atoms with Crippen LogP contribution in [0.1, 0.15) is 18.2 Å². The minimum atomic E-state index is -2.92. The predicted molar refractivity (Wildman–Crippen MR) is 212 cm³/mol. The molecule has 0 saturated heterocycles. The van der Waals surface area contributed by atoms with Crippen molar-refractivity contribution in [3.63, 3.8) is 0 Å². The third-order valence-corrected chi connectivity index (χ3v) is 15.2. The smallest absolute Gasteiger partial charge is 0.198 e. The van der Waals surface area contributed by atoms with E-state index >= 15 is 0 Å². The molecule has 1 aliphatic heterocycles. The zero-order valence-corrected chi connectivity index (χ0v) is 28.9. The summed E-state index contributed by atoms with van der Waals surface area (Å²) in [5.74, 6) is 0.355. The quantitative estimate of drug-likeness (QED) is 0.134. The van der Waals surface area contributed by atoms with E-state index in [1.165, 1.54) is 53.9 Å². The summed E-state index contributed by atoms with van der Waals surface area (Å²) in [7, 11) is -2.92. The van der Waals surface area contributed by atoms with Crippen molar-refractivity contribution < 1.29 is 0 Å². The van der Waals surface area contributed by atoms with Crippen LogP contribution in [0.4, 0.5) is 0 Å². The van der Waals surface area contributed by atoms with E-state index < -0.39 is 8.07 Å². The highest BCUT2D eigenvalue weighted by Crippen LogP contribution is 2.34. The van der Waals surface area contributed by atoms with Gasteiger partial charge in [0.15, 0.2) is 8.07 Å². The zero-order valence-electron chi connectivity index (χ0n) is 27.9. The van der Waals surface area contributed by atoms with Crippen LogP contribution in [0.5, 0.6) is 0 Å². The molecule has 0 fully saturated rings. The van der Waals surface area contributed by atoms with Gasteiger partial charge < -0.3 is 9.88 Å². The Labute approximate surface area is 294 Å². The first-order valence-electron chi connectivity index (χ1n) is 17.6. The first-order chi connectivity index (χ1) is 24.8. The first kappa shape index (κ1) is 30.4. The molecule has 2 heterocycles. The largest absolute Gasteiger partial charge is 0.372 e. The van der Waals surface area contributed by atoms with Crippen LogP contribution in [0.15, 0.2) is 199 Å². The van der Waals surface area contributed by atoms with E-state index in [9.17, 15) is 0 Å². The van der Waals surface area contributed by atoms with Crippen LogP contribution in [0.3, 0.4) is 0 Å². The van der Waals surface area contributed by atoms with Gasteiger partial charge in [-0.05, 0) is 57.7 Å². The molecule has 50 heavy (non-hydrogen) atoms. The second-order valence-electron chi connectivity index (χ2n) is 13.4. The van der Waals surface area contributed by atoms with Crippen molar-refractivity contribution in [3.05, 3.63) is 205 Å². The number of nitrogens with one attached hydrogen (secondary N) is 2. The van der Waals surface area contributed by atoms with Crippen LogP contribution in [-0.2, 0) is 0 Å². The topological polar surface area (TPSA) is 29.0 Å². The van der Waals surface area contributed by atoms with E-state index in [4.69, 9.17) is 0 Å². The lowest BCUT2D eigenvalue weighted by atomic mass is 9.91. The van der Waals surface area contributed by atoms with Gasteiger partial charge >= 0.3 is 0 Å². The lowest BCUT2D eigenvalue weighted by Gasteiger charge is -2.43. The monoisotopic (exact) mass is 661 g/mol. The molecule has 9 rings (SSSR count).